The zero-order chi connectivity index (χ0) is 28.4. The van der Waals surface area contributed by atoms with Crippen LogP contribution in [-0.2, 0) is 15.7 Å². The van der Waals surface area contributed by atoms with Gasteiger partial charge in [0.25, 0.3) is 0 Å². The van der Waals surface area contributed by atoms with E-state index in [0.717, 1.165) is 34.5 Å². The minimum Gasteiger partial charge on any atom is -0.371 e. The summed E-state index contributed by atoms with van der Waals surface area (Å²) in [6.07, 6.45) is -3.63. The number of carbonyl (C=O) groups is 1. The van der Waals surface area contributed by atoms with Crippen LogP contribution in [0.4, 0.5) is 29.6 Å². The summed E-state index contributed by atoms with van der Waals surface area (Å²) in [5.41, 5.74) is 3.15. The number of ether oxygens (including phenoxy) is 2. The number of nitrogens with zero attached hydrogens (tertiary/aromatic N) is 2. The van der Waals surface area contributed by atoms with Crippen LogP contribution in [0, 0.1) is 0 Å². The number of nitrogens with one attached hydrogen (secondary N) is 3. The third-order valence-corrected chi connectivity index (χ3v) is 7.08. The molecule has 11 heteroatoms. The number of rotatable bonds is 6. The molecule has 8 nitrogen and oxygen atoms in total. The van der Waals surface area contributed by atoms with E-state index in [1.165, 1.54) is 12.1 Å². The molecule has 0 saturated carbocycles. The van der Waals surface area contributed by atoms with E-state index in [9.17, 15) is 18.0 Å². The third kappa shape index (κ3) is 6.01. The van der Waals surface area contributed by atoms with Crippen LogP contribution >= 0.6 is 0 Å². The van der Waals surface area contributed by atoms with Gasteiger partial charge in [0.2, 0.25) is 5.95 Å². The second kappa shape index (κ2) is 11.2. The van der Waals surface area contributed by atoms with Crippen LogP contribution < -0.4 is 16.0 Å². The van der Waals surface area contributed by atoms with E-state index in [1.807, 2.05) is 36.4 Å². The largest absolute Gasteiger partial charge is 0.416 e. The number of anilines is 2. The normalized spacial score (nSPS) is 21.7. The molecule has 4 atom stereocenters. The summed E-state index contributed by atoms with van der Waals surface area (Å²) in [7, 11) is 0. The summed E-state index contributed by atoms with van der Waals surface area (Å²) in [5.74, 6) is 0.422. The standard InChI is InChI=1S/C30H26F3N5O3/c31-30(32,33)21-7-4-8-22(15-21)35-29(39)38-25-17-41-26-24(16-40-27(25)26)37-28-34-14-13-23(36-28)20-11-9-19(10-12-20)18-5-2-1-3-6-18/h1-15,24-27H,16-17H2,(H,34,36,37)(H2,35,38,39)/t24-,25-,26+,27+/m0/s1. The SMILES string of the molecule is O=C(Nc1cccc(C(F)(F)F)c1)N[C@H]1CO[C@H]2[C@@H]1OC[C@@H]2Nc1nccc(-c2ccc(-c3ccccc3)cc2)n1. The van der Waals surface area contributed by atoms with Crippen LogP contribution in [0.2, 0.25) is 0 Å². The zero-order valence-corrected chi connectivity index (χ0v) is 21.6. The molecule has 0 spiro atoms. The minimum atomic E-state index is -4.50. The van der Waals surface area contributed by atoms with Gasteiger partial charge >= 0.3 is 12.2 Å². The molecule has 2 saturated heterocycles. The average Bonchev–Trinajstić information content (AvgIpc) is 3.56. The number of urea groups is 1. The first-order valence-electron chi connectivity index (χ1n) is 13.1. The fourth-order valence-electron chi connectivity index (χ4n) is 5.07. The summed E-state index contributed by atoms with van der Waals surface area (Å²) in [4.78, 5) is 21.5. The van der Waals surface area contributed by atoms with Crippen LogP contribution in [0.25, 0.3) is 22.4 Å². The van der Waals surface area contributed by atoms with E-state index in [0.29, 0.717) is 12.6 Å². The van der Waals surface area contributed by atoms with Crippen LogP contribution in [0.5, 0.6) is 0 Å². The van der Waals surface area contributed by atoms with Crippen molar-refractivity contribution in [3.63, 3.8) is 0 Å². The Morgan fingerprint density at radius 1 is 0.805 bits per heavy atom. The number of amides is 2. The molecule has 2 aliphatic rings. The lowest BCUT2D eigenvalue weighted by Crippen LogP contribution is -2.46. The van der Waals surface area contributed by atoms with Crippen molar-refractivity contribution in [1.82, 2.24) is 15.3 Å². The van der Waals surface area contributed by atoms with Crippen molar-refractivity contribution >= 4 is 17.7 Å². The van der Waals surface area contributed by atoms with Crippen molar-refractivity contribution < 1.29 is 27.4 Å². The van der Waals surface area contributed by atoms with Crippen molar-refractivity contribution in [3.05, 3.63) is 96.7 Å². The quantitative estimate of drug-likeness (QED) is 0.284. The number of carbonyl (C=O) groups excluding carboxylic acids is 1. The molecule has 2 aliphatic heterocycles. The van der Waals surface area contributed by atoms with E-state index in [-0.39, 0.29) is 24.4 Å². The Balaban J connectivity index is 1.06. The maximum atomic E-state index is 13.0. The van der Waals surface area contributed by atoms with E-state index in [1.54, 1.807) is 6.20 Å². The first-order chi connectivity index (χ1) is 19.8. The van der Waals surface area contributed by atoms with Crippen molar-refractivity contribution in [2.75, 3.05) is 23.8 Å². The van der Waals surface area contributed by atoms with Gasteiger partial charge in [-0.3, -0.25) is 0 Å². The molecule has 6 rings (SSSR count). The maximum absolute atomic E-state index is 13.0. The summed E-state index contributed by atoms with van der Waals surface area (Å²) < 4.78 is 50.8. The number of hydrogen-bond donors (Lipinski definition) is 3. The molecule has 2 fully saturated rings. The average molecular weight is 562 g/mol. The predicted molar refractivity (Wildman–Crippen MR) is 147 cm³/mol. The van der Waals surface area contributed by atoms with E-state index >= 15 is 0 Å². The number of fused-ring (bicyclic) bond motifs is 1. The highest BCUT2D eigenvalue weighted by Gasteiger charge is 2.48. The lowest BCUT2D eigenvalue weighted by molar-refractivity contribution is -0.137. The van der Waals surface area contributed by atoms with Crippen LogP contribution in [0.3, 0.4) is 0 Å². The van der Waals surface area contributed by atoms with Crippen molar-refractivity contribution in [2.45, 2.75) is 30.5 Å². The smallest absolute Gasteiger partial charge is 0.371 e. The van der Waals surface area contributed by atoms with Gasteiger partial charge in [-0.2, -0.15) is 13.2 Å². The lowest BCUT2D eigenvalue weighted by Gasteiger charge is -2.19. The van der Waals surface area contributed by atoms with Gasteiger partial charge in [-0.1, -0.05) is 60.7 Å². The molecule has 41 heavy (non-hydrogen) atoms. The molecule has 0 aliphatic carbocycles. The molecule has 0 unspecified atom stereocenters. The first kappa shape index (κ1) is 26.7. The van der Waals surface area contributed by atoms with Crippen LogP contribution in [0.15, 0.2) is 91.1 Å². The molecule has 0 bridgehead atoms. The Hall–Kier alpha value is -4.48. The second-order valence-corrected chi connectivity index (χ2v) is 9.84. The van der Waals surface area contributed by atoms with E-state index in [2.05, 4.69) is 50.2 Å². The fourth-order valence-corrected chi connectivity index (χ4v) is 5.07. The maximum Gasteiger partial charge on any atom is 0.416 e. The molecule has 4 aromatic rings. The molecular weight excluding hydrogens is 535 g/mol. The number of aromatic nitrogens is 2. The molecule has 0 radical (unpaired) electrons. The predicted octanol–water partition coefficient (Wildman–Crippen LogP) is 5.60. The number of alkyl halides is 3. The summed E-state index contributed by atoms with van der Waals surface area (Å²) in [6, 6.07) is 23.2. The molecule has 3 aromatic carbocycles. The molecule has 3 heterocycles. The van der Waals surface area contributed by atoms with Crippen LogP contribution in [0.1, 0.15) is 5.56 Å². The Morgan fingerprint density at radius 2 is 1.49 bits per heavy atom. The zero-order valence-electron chi connectivity index (χ0n) is 21.6. The third-order valence-electron chi connectivity index (χ3n) is 7.08. The van der Waals surface area contributed by atoms with Gasteiger partial charge in [0.15, 0.2) is 0 Å². The highest BCUT2D eigenvalue weighted by atomic mass is 19.4. The number of halogens is 3. The summed E-state index contributed by atoms with van der Waals surface area (Å²) in [5, 5.41) is 8.48. The van der Waals surface area contributed by atoms with E-state index < -0.39 is 29.9 Å². The molecule has 3 N–H and O–H groups in total. The van der Waals surface area contributed by atoms with Gasteiger partial charge in [-0.05, 0) is 35.4 Å². The molecule has 2 amide bonds. The van der Waals surface area contributed by atoms with Gasteiger partial charge in [-0.15, -0.1) is 0 Å². The summed E-state index contributed by atoms with van der Waals surface area (Å²) >= 11 is 0. The van der Waals surface area contributed by atoms with Gasteiger partial charge in [0.05, 0.1) is 36.6 Å². The van der Waals surface area contributed by atoms with Gasteiger partial charge < -0.3 is 25.4 Å². The van der Waals surface area contributed by atoms with E-state index in [4.69, 9.17) is 9.47 Å². The Labute approximate surface area is 233 Å². The Bertz CT molecular complexity index is 1520. The fraction of sp³-hybridized carbons (Fsp3) is 0.233. The highest BCUT2D eigenvalue weighted by Crippen LogP contribution is 2.32. The van der Waals surface area contributed by atoms with Crippen LogP contribution in [-0.4, -0.2) is 53.5 Å². The monoisotopic (exact) mass is 561 g/mol. The second-order valence-electron chi connectivity index (χ2n) is 9.84. The van der Waals surface area contributed by atoms with Gasteiger partial charge in [0.1, 0.15) is 12.2 Å². The number of hydrogen-bond acceptors (Lipinski definition) is 6. The van der Waals surface area contributed by atoms with Crippen molar-refractivity contribution in [1.29, 1.82) is 0 Å². The summed E-state index contributed by atoms with van der Waals surface area (Å²) in [6.45, 7) is 0.500. The molecule has 210 valence electrons. The topological polar surface area (TPSA) is 97.4 Å². The van der Waals surface area contributed by atoms with Gasteiger partial charge in [0, 0.05) is 17.4 Å². The minimum absolute atomic E-state index is 0.0337. The lowest BCUT2D eigenvalue weighted by atomic mass is 10.0. The Kier molecular flexibility index (Phi) is 7.29. The molecule has 1 aromatic heterocycles. The number of benzene rings is 3. The molecular formula is C30H26F3N5O3. The highest BCUT2D eigenvalue weighted by molar-refractivity contribution is 5.89. The first-order valence-corrected chi connectivity index (χ1v) is 13.1. The van der Waals surface area contributed by atoms with Crippen molar-refractivity contribution in [2.24, 2.45) is 0 Å². The Morgan fingerprint density at radius 3 is 2.24 bits per heavy atom. The van der Waals surface area contributed by atoms with Gasteiger partial charge in [-0.25, -0.2) is 14.8 Å². The van der Waals surface area contributed by atoms with Crippen molar-refractivity contribution in [3.8, 4) is 22.4 Å².